The second-order valence-electron chi connectivity index (χ2n) is 7.73. The Morgan fingerprint density at radius 2 is 2.13 bits per heavy atom. The number of aromatic nitrogens is 3. The Morgan fingerprint density at radius 1 is 1.26 bits per heavy atom. The lowest BCUT2D eigenvalue weighted by Crippen LogP contribution is -2.31. The summed E-state index contributed by atoms with van der Waals surface area (Å²) in [6.45, 7) is 4.72. The first-order chi connectivity index (χ1) is 15.0. The highest BCUT2D eigenvalue weighted by molar-refractivity contribution is 5.98. The predicted molar refractivity (Wildman–Crippen MR) is 114 cm³/mol. The second-order valence-corrected chi connectivity index (χ2v) is 7.73. The van der Waals surface area contributed by atoms with E-state index in [0.717, 1.165) is 41.9 Å². The third-order valence-electron chi connectivity index (χ3n) is 5.61. The lowest BCUT2D eigenvalue weighted by Gasteiger charge is -2.18. The van der Waals surface area contributed by atoms with Gasteiger partial charge in [-0.1, -0.05) is 17.6 Å². The van der Waals surface area contributed by atoms with Crippen LogP contribution in [0, 0.1) is 13.8 Å². The molecule has 31 heavy (non-hydrogen) atoms. The van der Waals surface area contributed by atoms with Gasteiger partial charge < -0.3 is 19.1 Å². The molecule has 8 nitrogen and oxygen atoms in total. The van der Waals surface area contributed by atoms with Crippen molar-refractivity contribution in [3.8, 4) is 5.75 Å². The summed E-state index contributed by atoms with van der Waals surface area (Å²) in [5, 5.41) is 6.88. The monoisotopic (exact) mass is 422 g/mol. The number of nitrogens with one attached hydrogen (secondary N) is 1. The van der Waals surface area contributed by atoms with Crippen molar-refractivity contribution in [1.29, 1.82) is 0 Å². The Hall–Kier alpha value is -3.42. The molecule has 0 aliphatic carbocycles. The van der Waals surface area contributed by atoms with E-state index in [9.17, 15) is 9.59 Å². The molecule has 1 amide bonds. The highest BCUT2D eigenvalue weighted by Crippen LogP contribution is 2.26. The number of amides is 1. The van der Waals surface area contributed by atoms with Crippen LogP contribution >= 0.6 is 0 Å². The predicted octanol–water partition coefficient (Wildman–Crippen LogP) is 3.08. The molecule has 162 valence electrons. The maximum Gasteiger partial charge on any atom is 0.257 e. The van der Waals surface area contributed by atoms with Gasteiger partial charge in [0.15, 0.2) is 0 Å². The van der Waals surface area contributed by atoms with Gasteiger partial charge in [-0.05, 0) is 45.2 Å². The van der Waals surface area contributed by atoms with Crippen LogP contribution in [0.4, 0.5) is 0 Å². The Bertz CT molecular complexity index is 1110. The van der Waals surface area contributed by atoms with Gasteiger partial charge in [-0.2, -0.15) is 0 Å². The van der Waals surface area contributed by atoms with Crippen LogP contribution in [0.2, 0.25) is 0 Å². The van der Waals surface area contributed by atoms with E-state index in [1.54, 1.807) is 10.8 Å². The second kappa shape index (κ2) is 9.16. The first-order valence-corrected chi connectivity index (χ1v) is 10.5. The van der Waals surface area contributed by atoms with E-state index in [0.29, 0.717) is 30.8 Å². The fourth-order valence-corrected chi connectivity index (χ4v) is 3.89. The molecule has 0 atom stereocenters. The van der Waals surface area contributed by atoms with E-state index in [1.165, 1.54) is 6.07 Å². The molecule has 4 rings (SSSR count). The number of nitrogens with zero attached hydrogens (tertiary/aromatic N) is 3. The molecule has 0 unspecified atom stereocenters. The minimum atomic E-state index is -0.273. The van der Waals surface area contributed by atoms with E-state index >= 15 is 0 Å². The molecule has 4 heterocycles. The summed E-state index contributed by atoms with van der Waals surface area (Å²) in [5.74, 6) is 0.673. The Balaban J connectivity index is 1.67. The van der Waals surface area contributed by atoms with Crippen molar-refractivity contribution in [3.05, 3.63) is 74.8 Å². The van der Waals surface area contributed by atoms with Crippen molar-refractivity contribution < 1.29 is 14.1 Å². The number of rotatable bonds is 6. The molecular formula is C23H26N4O4. The van der Waals surface area contributed by atoms with E-state index in [2.05, 4.69) is 15.5 Å². The molecule has 3 aromatic heterocycles. The molecule has 0 spiro atoms. The molecule has 1 aliphatic heterocycles. The molecule has 0 saturated heterocycles. The molecule has 0 aromatic carbocycles. The Morgan fingerprint density at radius 3 is 2.87 bits per heavy atom. The molecular weight excluding hydrogens is 396 g/mol. The molecule has 0 bridgehead atoms. The third kappa shape index (κ3) is 4.52. The first-order valence-electron chi connectivity index (χ1n) is 10.5. The zero-order valence-corrected chi connectivity index (χ0v) is 17.8. The minimum absolute atomic E-state index is 0.146. The van der Waals surface area contributed by atoms with Crippen molar-refractivity contribution in [2.24, 2.45) is 0 Å². The van der Waals surface area contributed by atoms with E-state index in [4.69, 9.17) is 9.26 Å². The maximum atomic E-state index is 13.3. The third-order valence-corrected chi connectivity index (χ3v) is 5.61. The first kappa shape index (κ1) is 20.8. The fourth-order valence-electron chi connectivity index (χ4n) is 3.89. The van der Waals surface area contributed by atoms with Gasteiger partial charge in [0.05, 0.1) is 23.5 Å². The van der Waals surface area contributed by atoms with E-state index < -0.39 is 0 Å². The summed E-state index contributed by atoms with van der Waals surface area (Å²) in [6.07, 6.45) is 5.21. The van der Waals surface area contributed by atoms with E-state index in [-0.39, 0.29) is 23.8 Å². The van der Waals surface area contributed by atoms with E-state index in [1.807, 2.05) is 32.0 Å². The quantitative estimate of drug-likeness (QED) is 0.655. The standard InChI is InChI=1S/C23H26N4O4/c1-15-18(16(2)31-26-15)14-30-20-12-21(28)27-11-7-3-4-9-19(27)22(20)23(29)25-13-17-8-5-6-10-24-17/h5-6,8,10,12H,3-4,7,9,11,13-14H2,1-2H3,(H,25,29). The number of pyridine rings is 2. The largest absolute Gasteiger partial charge is 0.488 e. The SMILES string of the molecule is Cc1noc(C)c1COc1cc(=O)n2c(c1C(=O)NCc1ccccn1)CCCCC2. The molecule has 0 radical (unpaired) electrons. The van der Waals surface area contributed by atoms with Crippen LogP contribution in [0.3, 0.4) is 0 Å². The van der Waals surface area contributed by atoms with Gasteiger partial charge in [0.25, 0.3) is 11.5 Å². The highest BCUT2D eigenvalue weighted by atomic mass is 16.5. The van der Waals surface area contributed by atoms with Gasteiger partial charge in [-0.25, -0.2) is 0 Å². The highest BCUT2D eigenvalue weighted by Gasteiger charge is 2.24. The van der Waals surface area contributed by atoms with Crippen molar-refractivity contribution in [1.82, 2.24) is 20.0 Å². The zero-order chi connectivity index (χ0) is 21.8. The summed E-state index contributed by atoms with van der Waals surface area (Å²) >= 11 is 0. The Kier molecular flexibility index (Phi) is 6.16. The minimum Gasteiger partial charge on any atom is -0.488 e. The number of fused-ring (bicyclic) bond motifs is 1. The molecule has 8 heteroatoms. The Labute approximate surface area is 180 Å². The number of carbonyl (C=O) groups is 1. The van der Waals surface area contributed by atoms with Gasteiger partial charge in [0, 0.05) is 24.5 Å². The molecule has 0 saturated carbocycles. The van der Waals surface area contributed by atoms with Gasteiger partial charge in [-0.15, -0.1) is 0 Å². The number of hydrogen-bond donors (Lipinski definition) is 1. The van der Waals surface area contributed by atoms with Crippen molar-refractivity contribution >= 4 is 5.91 Å². The summed E-state index contributed by atoms with van der Waals surface area (Å²) < 4.78 is 12.9. The molecule has 1 N–H and O–H groups in total. The van der Waals surface area contributed by atoms with Gasteiger partial charge >= 0.3 is 0 Å². The molecule has 1 aliphatic rings. The molecule has 3 aromatic rings. The van der Waals surface area contributed by atoms with Crippen LogP contribution in [-0.4, -0.2) is 20.6 Å². The number of carbonyl (C=O) groups excluding carboxylic acids is 1. The summed E-state index contributed by atoms with van der Waals surface area (Å²) in [4.78, 5) is 30.3. The van der Waals surface area contributed by atoms with Crippen molar-refractivity contribution in [3.63, 3.8) is 0 Å². The van der Waals surface area contributed by atoms with Crippen molar-refractivity contribution in [2.75, 3.05) is 0 Å². The zero-order valence-electron chi connectivity index (χ0n) is 17.8. The van der Waals surface area contributed by atoms with Gasteiger partial charge in [0.1, 0.15) is 23.7 Å². The number of ether oxygens (including phenoxy) is 1. The summed E-state index contributed by atoms with van der Waals surface area (Å²) in [6, 6.07) is 6.98. The van der Waals surface area contributed by atoms with Crippen LogP contribution in [0.15, 0.2) is 39.8 Å². The van der Waals surface area contributed by atoms with Crippen molar-refractivity contribution in [2.45, 2.75) is 59.2 Å². The normalized spacial score (nSPS) is 13.4. The number of aryl methyl sites for hydroxylation is 2. The van der Waals surface area contributed by atoms with Crippen LogP contribution in [0.5, 0.6) is 5.75 Å². The fraction of sp³-hybridized carbons (Fsp3) is 0.391. The van der Waals surface area contributed by atoms with Gasteiger partial charge in [0.2, 0.25) is 0 Å². The van der Waals surface area contributed by atoms with Crippen LogP contribution < -0.4 is 15.6 Å². The van der Waals surface area contributed by atoms with Crippen LogP contribution in [0.1, 0.15) is 58.0 Å². The molecule has 0 fully saturated rings. The lowest BCUT2D eigenvalue weighted by molar-refractivity contribution is 0.0943. The average molecular weight is 422 g/mol. The summed E-state index contributed by atoms with van der Waals surface area (Å²) in [5.41, 5.74) is 3.31. The van der Waals surface area contributed by atoms with Crippen LogP contribution in [-0.2, 0) is 26.1 Å². The van der Waals surface area contributed by atoms with Gasteiger partial charge in [-0.3, -0.25) is 14.6 Å². The topological polar surface area (TPSA) is 99.3 Å². The number of hydrogen-bond acceptors (Lipinski definition) is 6. The van der Waals surface area contributed by atoms with Crippen LogP contribution in [0.25, 0.3) is 0 Å². The average Bonchev–Trinajstić information content (AvgIpc) is 2.95. The maximum absolute atomic E-state index is 13.3. The lowest BCUT2D eigenvalue weighted by atomic mass is 10.1. The summed E-state index contributed by atoms with van der Waals surface area (Å²) in [7, 11) is 0. The smallest absolute Gasteiger partial charge is 0.257 e.